The predicted octanol–water partition coefficient (Wildman–Crippen LogP) is 1.88. The second kappa shape index (κ2) is 6.29. The van der Waals surface area contributed by atoms with E-state index in [9.17, 15) is 13.2 Å². The van der Waals surface area contributed by atoms with Gasteiger partial charge in [0, 0.05) is 12.1 Å². The number of hydrogen-bond acceptors (Lipinski definition) is 3. The Balaban J connectivity index is 2.15. The fraction of sp³-hybridized carbons (Fsp3) is 0.188. The van der Waals surface area contributed by atoms with Crippen LogP contribution in [0.1, 0.15) is 27.0 Å². The van der Waals surface area contributed by atoms with Crippen LogP contribution in [0, 0.1) is 13.8 Å². The van der Waals surface area contributed by atoms with Crippen LogP contribution < -0.4 is 10.5 Å². The summed E-state index contributed by atoms with van der Waals surface area (Å²) in [6.07, 6.45) is 0. The van der Waals surface area contributed by atoms with Crippen LogP contribution in [-0.2, 0) is 16.6 Å². The monoisotopic (exact) mass is 318 g/mol. The van der Waals surface area contributed by atoms with Gasteiger partial charge in [0.05, 0.1) is 4.90 Å². The van der Waals surface area contributed by atoms with Crippen LogP contribution in [-0.4, -0.2) is 14.3 Å². The summed E-state index contributed by atoms with van der Waals surface area (Å²) < 4.78 is 23.0. The molecule has 0 saturated heterocycles. The third-order valence-electron chi connectivity index (χ3n) is 3.33. The zero-order chi connectivity index (χ0) is 16.3. The minimum absolute atomic E-state index is 0.0320. The number of primary sulfonamides is 1. The molecule has 0 radical (unpaired) electrons. The first-order valence-corrected chi connectivity index (χ1v) is 8.29. The lowest BCUT2D eigenvalue weighted by molar-refractivity contribution is 0.0950. The molecule has 0 saturated carbocycles. The maximum Gasteiger partial charge on any atom is 0.251 e. The van der Waals surface area contributed by atoms with E-state index in [-0.39, 0.29) is 16.4 Å². The molecule has 6 heteroatoms. The molecule has 0 atom stereocenters. The van der Waals surface area contributed by atoms with Gasteiger partial charge < -0.3 is 5.32 Å². The Kier molecular flexibility index (Phi) is 4.63. The van der Waals surface area contributed by atoms with Crippen molar-refractivity contribution in [1.29, 1.82) is 0 Å². The van der Waals surface area contributed by atoms with Crippen molar-refractivity contribution in [2.45, 2.75) is 25.3 Å². The van der Waals surface area contributed by atoms with E-state index in [4.69, 9.17) is 5.14 Å². The van der Waals surface area contributed by atoms with Gasteiger partial charge in [0.1, 0.15) is 0 Å². The van der Waals surface area contributed by atoms with Crippen LogP contribution in [0.25, 0.3) is 0 Å². The van der Waals surface area contributed by atoms with Crippen molar-refractivity contribution in [3.63, 3.8) is 0 Å². The minimum Gasteiger partial charge on any atom is -0.348 e. The molecule has 0 bridgehead atoms. The fourth-order valence-electron chi connectivity index (χ4n) is 2.04. The summed E-state index contributed by atoms with van der Waals surface area (Å²) in [5.41, 5.74) is 2.89. The quantitative estimate of drug-likeness (QED) is 0.902. The Morgan fingerprint density at radius 2 is 1.73 bits per heavy atom. The van der Waals surface area contributed by atoms with Crippen molar-refractivity contribution in [2.24, 2.45) is 5.14 Å². The Hall–Kier alpha value is -2.18. The zero-order valence-electron chi connectivity index (χ0n) is 12.5. The first-order valence-electron chi connectivity index (χ1n) is 6.74. The lowest BCUT2D eigenvalue weighted by Gasteiger charge is -2.08. The molecule has 0 aliphatic carbocycles. The molecule has 22 heavy (non-hydrogen) atoms. The second-order valence-electron chi connectivity index (χ2n) is 5.19. The molecule has 0 aromatic heterocycles. The van der Waals surface area contributed by atoms with Crippen LogP contribution >= 0.6 is 0 Å². The van der Waals surface area contributed by atoms with Gasteiger partial charge in [-0.05, 0) is 37.1 Å². The van der Waals surface area contributed by atoms with E-state index in [0.29, 0.717) is 12.1 Å². The van der Waals surface area contributed by atoms with Crippen LogP contribution in [0.2, 0.25) is 0 Å². The number of sulfonamides is 1. The van der Waals surface area contributed by atoms with Crippen LogP contribution in [0.4, 0.5) is 0 Å². The molecule has 0 aliphatic rings. The Labute approximate surface area is 130 Å². The standard InChI is InChI=1S/C16H18N2O3S/c1-11-3-6-13(7-4-11)10-18-16(19)14-8-5-12(2)15(9-14)22(17,20)21/h3-9H,10H2,1-2H3,(H,18,19)(H2,17,20,21). The van der Waals surface area contributed by atoms with Crippen LogP contribution in [0.15, 0.2) is 47.4 Å². The van der Waals surface area contributed by atoms with E-state index in [1.807, 2.05) is 31.2 Å². The zero-order valence-corrected chi connectivity index (χ0v) is 13.3. The number of carbonyl (C=O) groups excluding carboxylic acids is 1. The number of hydrogen-bond donors (Lipinski definition) is 2. The highest BCUT2D eigenvalue weighted by Crippen LogP contribution is 2.15. The van der Waals surface area contributed by atoms with Gasteiger partial charge in [-0.3, -0.25) is 4.79 Å². The molecular formula is C16H18N2O3S. The van der Waals surface area contributed by atoms with Gasteiger partial charge in [0.2, 0.25) is 10.0 Å². The van der Waals surface area contributed by atoms with Crippen molar-refractivity contribution in [3.05, 3.63) is 64.7 Å². The summed E-state index contributed by atoms with van der Waals surface area (Å²) in [6, 6.07) is 12.2. The number of carbonyl (C=O) groups is 1. The van der Waals surface area contributed by atoms with Crippen LogP contribution in [0.5, 0.6) is 0 Å². The Bertz CT molecular complexity index is 797. The number of nitrogens with two attached hydrogens (primary N) is 1. The number of aryl methyl sites for hydroxylation is 2. The molecule has 1 amide bonds. The van der Waals surface area contributed by atoms with Gasteiger partial charge in [0.15, 0.2) is 0 Å². The van der Waals surface area contributed by atoms with Gasteiger partial charge in [-0.1, -0.05) is 35.9 Å². The Morgan fingerprint density at radius 1 is 1.09 bits per heavy atom. The summed E-state index contributed by atoms with van der Waals surface area (Å²) in [5, 5.41) is 7.90. The molecule has 116 valence electrons. The van der Waals surface area contributed by atoms with Crippen molar-refractivity contribution >= 4 is 15.9 Å². The van der Waals surface area contributed by atoms with E-state index in [0.717, 1.165) is 11.1 Å². The molecule has 2 aromatic carbocycles. The smallest absolute Gasteiger partial charge is 0.251 e. The molecule has 0 aliphatic heterocycles. The third kappa shape index (κ3) is 3.93. The summed E-state index contributed by atoms with van der Waals surface area (Å²) in [7, 11) is -3.84. The van der Waals surface area contributed by atoms with Crippen molar-refractivity contribution in [1.82, 2.24) is 5.32 Å². The number of benzene rings is 2. The molecule has 0 spiro atoms. The lowest BCUT2D eigenvalue weighted by atomic mass is 10.1. The van der Waals surface area contributed by atoms with E-state index in [1.165, 1.54) is 6.07 Å². The molecule has 3 N–H and O–H groups in total. The number of nitrogens with one attached hydrogen (secondary N) is 1. The number of amides is 1. The van der Waals surface area contributed by atoms with Gasteiger partial charge in [-0.25, -0.2) is 13.6 Å². The first-order chi connectivity index (χ1) is 10.3. The molecule has 2 rings (SSSR count). The maximum absolute atomic E-state index is 12.1. The first kappa shape index (κ1) is 16.2. The summed E-state index contributed by atoms with van der Waals surface area (Å²) >= 11 is 0. The van der Waals surface area contributed by atoms with Gasteiger partial charge in [0.25, 0.3) is 5.91 Å². The van der Waals surface area contributed by atoms with E-state index in [2.05, 4.69) is 5.32 Å². The van der Waals surface area contributed by atoms with Gasteiger partial charge in [-0.15, -0.1) is 0 Å². The minimum atomic E-state index is -3.84. The maximum atomic E-state index is 12.1. The highest BCUT2D eigenvalue weighted by atomic mass is 32.2. The molecule has 5 nitrogen and oxygen atoms in total. The van der Waals surface area contributed by atoms with Crippen molar-refractivity contribution < 1.29 is 13.2 Å². The largest absolute Gasteiger partial charge is 0.348 e. The number of rotatable bonds is 4. The molecule has 0 fully saturated rings. The normalized spacial score (nSPS) is 11.2. The fourth-order valence-corrected chi connectivity index (χ4v) is 2.85. The average Bonchev–Trinajstić information content (AvgIpc) is 2.45. The predicted molar refractivity (Wildman–Crippen MR) is 84.9 cm³/mol. The van der Waals surface area contributed by atoms with E-state index < -0.39 is 10.0 Å². The summed E-state index contributed by atoms with van der Waals surface area (Å²) in [5.74, 6) is -0.342. The van der Waals surface area contributed by atoms with Crippen molar-refractivity contribution in [3.8, 4) is 0 Å². The lowest BCUT2D eigenvalue weighted by Crippen LogP contribution is -2.23. The van der Waals surface area contributed by atoms with Crippen molar-refractivity contribution in [2.75, 3.05) is 0 Å². The third-order valence-corrected chi connectivity index (χ3v) is 4.38. The Morgan fingerprint density at radius 3 is 2.32 bits per heavy atom. The van der Waals surface area contributed by atoms with E-state index >= 15 is 0 Å². The highest BCUT2D eigenvalue weighted by Gasteiger charge is 2.15. The highest BCUT2D eigenvalue weighted by molar-refractivity contribution is 7.89. The molecule has 0 heterocycles. The molecular weight excluding hydrogens is 300 g/mol. The summed E-state index contributed by atoms with van der Waals surface area (Å²) in [4.78, 5) is 12.1. The second-order valence-corrected chi connectivity index (χ2v) is 6.72. The average molecular weight is 318 g/mol. The summed E-state index contributed by atoms with van der Waals surface area (Å²) in [6.45, 7) is 3.99. The van der Waals surface area contributed by atoms with Gasteiger partial charge in [-0.2, -0.15) is 0 Å². The molecule has 0 unspecified atom stereocenters. The van der Waals surface area contributed by atoms with Crippen LogP contribution in [0.3, 0.4) is 0 Å². The topological polar surface area (TPSA) is 89.3 Å². The molecule has 2 aromatic rings. The van der Waals surface area contributed by atoms with E-state index in [1.54, 1.807) is 19.1 Å². The SMILES string of the molecule is Cc1ccc(CNC(=O)c2ccc(C)c(S(N)(=O)=O)c2)cc1. The van der Waals surface area contributed by atoms with Gasteiger partial charge >= 0.3 is 0 Å².